The Labute approximate surface area is 95.8 Å². The second-order valence-electron chi connectivity index (χ2n) is 3.38. The van der Waals surface area contributed by atoms with Crippen molar-refractivity contribution in [3.05, 3.63) is 36.2 Å². The Morgan fingerprint density at radius 1 is 1.19 bits per heavy atom. The summed E-state index contributed by atoms with van der Waals surface area (Å²) in [5.74, 6) is 1.17. The van der Waals surface area contributed by atoms with Gasteiger partial charge >= 0.3 is 0 Å². The van der Waals surface area contributed by atoms with E-state index in [-0.39, 0.29) is 5.41 Å². The maximum atomic E-state index is 5.40. The molecule has 0 aliphatic carbocycles. The molecule has 0 aromatic carbocycles. The highest BCUT2D eigenvalue weighted by atomic mass is 16.4. The summed E-state index contributed by atoms with van der Waals surface area (Å²) in [5, 5.41) is 7.82. The summed E-state index contributed by atoms with van der Waals surface area (Å²) in [7, 11) is 0. The summed E-state index contributed by atoms with van der Waals surface area (Å²) in [4.78, 5) is 4.02. The smallest absolute Gasteiger partial charge is 0.230 e. The standard InChI is InChI=1S/C10H11N3O.C2H6/c1-8-12-13-9(14-8)10(2)4-3-6-11-7-5-10;1-2/h3-7H,1-2H3;1-2H3. The zero-order valence-corrected chi connectivity index (χ0v) is 10.1. The monoisotopic (exact) mass is 219 g/mol. The van der Waals surface area contributed by atoms with Crippen LogP contribution in [0.5, 0.6) is 0 Å². The van der Waals surface area contributed by atoms with Crippen LogP contribution < -0.4 is 0 Å². The zero-order valence-electron chi connectivity index (χ0n) is 10.1. The van der Waals surface area contributed by atoms with Gasteiger partial charge in [-0.05, 0) is 19.1 Å². The molecule has 1 atom stereocenters. The van der Waals surface area contributed by atoms with E-state index in [1.807, 2.05) is 39.0 Å². The van der Waals surface area contributed by atoms with Crippen molar-refractivity contribution in [2.75, 3.05) is 0 Å². The molecule has 2 rings (SSSR count). The molecule has 0 amide bonds. The Kier molecular flexibility index (Phi) is 4.17. The lowest BCUT2D eigenvalue weighted by Gasteiger charge is -2.14. The maximum Gasteiger partial charge on any atom is 0.230 e. The van der Waals surface area contributed by atoms with Crippen molar-refractivity contribution in [1.29, 1.82) is 0 Å². The lowest BCUT2D eigenvalue weighted by Crippen LogP contribution is -2.15. The van der Waals surface area contributed by atoms with Crippen LogP contribution in [0.4, 0.5) is 0 Å². The van der Waals surface area contributed by atoms with E-state index in [9.17, 15) is 0 Å². The van der Waals surface area contributed by atoms with Crippen LogP contribution in [-0.4, -0.2) is 16.4 Å². The van der Waals surface area contributed by atoms with Crippen molar-refractivity contribution in [3.8, 4) is 0 Å². The normalized spacial score (nSPS) is 22.5. The average Bonchev–Trinajstić information content (AvgIpc) is 2.61. The third kappa shape index (κ3) is 2.66. The first kappa shape index (κ1) is 12.4. The van der Waals surface area contributed by atoms with Gasteiger partial charge in [0, 0.05) is 19.3 Å². The Balaban J connectivity index is 0.000000606. The van der Waals surface area contributed by atoms with Crippen LogP contribution in [0, 0.1) is 6.92 Å². The molecule has 1 aliphatic rings. The highest BCUT2D eigenvalue weighted by molar-refractivity contribution is 5.72. The van der Waals surface area contributed by atoms with E-state index < -0.39 is 0 Å². The fourth-order valence-electron chi connectivity index (χ4n) is 1.25. The quantitative estimate of drug-likeness (QED) is 0.729. The first-order chi connectivity index (χ1) is 7.71. The summed E-state index contributed by atoms with van der Waals surface area (Å²) in [6.07, 6.45) is 9.25. The van der Waals surface area contributed by atoms with Crippen molar-refractivity contribution in [3.63, 3.8) is 0 Å². The van der Waals surface area contributed by atoms with Crippen molar-refractivity contribution in [2.45, 2.75) is 33.1 Å². The van der Waals surface area contributed by atoms with Gasteiger partial charge in [0.15, 0.2) is 0 Å². The largest absolute Gasteiger partial charge is 0.424 e. The Morgan fingerprint density at radius 2 is 1.94 bits per heavy atom. The van der Waals surface area contributed by atoms with Gasteiger partial charge in [-0.25, -0.2) is 0 Å². The first-order valence-corrected chi connectivity index (χ1v) is 5.40. The minimum absolute atomic E-state index is 0.349. The topological polar surface area (TPSA) is 51.3 Å². The molecule has 0 saturated heterocycles. The van der Waals surface area contributed by atoms with Crippen molar-refractivity contribution >= 4 is 6.21 Å². The van der Waals surface area contributed by atoms with E-state index >= 15 is 0 Å². The number of hydrogen-bond acceptors (Lipinski definition) is 4. The molecule has 1 aromatic heterocycles. The van der Waals surface area contributed by atoms with E-state index in [2.05, 4.69) is 15.2 Å². The van der Waals surface area contributed by atoms with Crippen LogP contribution in [0.3, 0.4) is 0 Å². The predicted molar refractivity (Wildman–Crippen MR) is 64.5 cm³/mol. The fraction of sp³-hybridized carbons (Fsp3) is 0.417. The minimum atomic E-state index is -0.349. The molecule has 1 aliphatic heterocycles. The van der Waals surface area contributed by atoms with Gasteiger partial charge in [0.2, 0.25) is 11.8 Å². The molecule has 86 valence electrons. The van der Waals surface area contributed by atoms with E-state index in [0.29, 0.717) is 11.8 Å². The zero-order chi connectivity index (χ0) is 12.0. The SMILES string of the molecule is CC.Cc1nnc(C2(C)C=CC=NC=C2)o1. The number of nitrogens with zero attached hydrogens (tertiary/aromatic N) is 3. The Hall–Kier alpha value is -1.71. The van der Waals surface area contributed by atoms with E-state index in [1.165, 1.54) is 0 Å². The van der Waals surface area contributed by atoms with Crippen LogP contribution in [-0.2, 0) is 5.41 Å². The molecule has 4 heteroatoms. The number of aryl methyl sites for hydroxylation is 1. The van der Waals surface area contributed by atoms with Gasteiger partial charge in [0.25, 0.3) is 0 Å². The third-order valence-electron chi connectivity index (χ3n) is 2.11. The number of hydrogen-bond donors (Lipinski definition) is 0. The number of rotatable bonds is 1. The lowest BCUT2D eigenvalue weighted by atomic mass is 9.90. The molecule has 1 aromatic rings. The van der Waals surface area contributed by atoms with E-state index in [1.54, 1.807) is 19.3 Å². The molecule has 4 nitrogen and oxygen atoms in total. The van der Waals surface area contributed by atoms with Gasteiger partial charge in [-0.3, -0.25) is 4.99 Å². The Bertz CT molecular complexity index is 400. The van der Waals surface area contributed by atoms with Crippen molar-refractivity contribution in [1.82, 2.24) is 10.2 Å². The minimum Gasteiger partial charge on any atom is -0.424 e. The number of allylic oxidation sites excluding steroid dienone is 3. The van der Waals surface area contributed by atoms with E-state index in [4.69, 9.17) is 4.42 Å². The molecule has 0 bridgehead atoms. The molecule has 0 fully saturated rings. The van der Waals surface area contributed by atoms with Crippen molar-refractivity contribution in [2.24, 2.45) is 4.99 Å². The highest BCUT2D eigenvalue weighted by Crippen LogP contribution is 2.26. The van der Waals surface area contributed by atoms with Crippen LogP contribution in [0.25, 0.3) is 0 Å². The molecule has 16 heavy (non-hydrogen) atoms. The van der Waals surface area contributed by atoms with Gasteiger partial charge in [0.1, 0.15) is 0 Å². The summed E-state index contributed by atoms with van der Waals surface area (Å²) in [6.45, 7) is 7.78. The summed E-state index contributed by atoms with van der Waals surface area (Å²) >= 11 is 0. The van der Waals surface area contributed by atoms with Gasteiger partial charge < -0.3 is 4.42 Å². The average molecular weight is 219 g/mol. The number of aliphatic imine (C=N–C) groups is 1. The third-order valence-corrected chi connectivity index (χ3v) is 2.11. The molecular formula is C12H17N3O. The predicted octanol–water partition coefficient (Wildman–Crippen LogP) is 2.82. The molecule has 0 radical (unpaired) electrons. The van der Waals surface area contributed by atoms with Gasteiger partial charge in [0.05, 0.1) is 5.41 Å². The summed E-state index contributed by atoms with van der Waals surface area (Å²) in [5.41, 5.74) is -0.349. The molecule has 0 N–H and O–H groups in total. The second kappa shape index (κ2) is 5.39. The highest BCUT2D eigenvalue weighted by Gasteiger charge is 2.26. The van der Waals surface area contributed by atoms with Gasteiger partial charge in [-0.2, -0.15) is 0 Å². The molecule has 0 saturated carbocycles. The second-order valence-corrected chi connectivity index (χ2v) is 3.38. The van der Waals surface area contributed by atoms with Gasteiger partial charge in [-0.1, -0.05) is 19.9 Å². The summed E-state index contributed by atoms with van der Waals surface area (Å²) < 4.78 is 5.40. The molecular weight excluding hydrogens is 202 g/mol. The summed E-state index contributed by atoms with van der Waals surface area (Å²) in [6, 6.07) is 0. The fourth-order valence-corrected chi connectivity index (χ4v) is 1.25. The van der Waals surface area contributed by atoms with Crippen LogP contribution in [0.1, 0.15) is 32.6 Å². The molecule has 0 spiro atoms. The maximum absolute atomic E-state index is 5.40. The van der Waals surface area contributed by atoms with Gasteiger partial charge in [-0.15, -0.1) is 10.2 Å². The van der Waals surface area contributed by atoms with E-state index in [0.717, 1.165) is 0 Å². The Morgan fingerprint density at radius 3 is 2.56 bits per heavy atom. The lowest BCUT2D eigenvalue weighted by molar-refractivity contribution is 0.425. The molecule has 2 heterocycles. The number of aromatic nitrogens is 2. The molecule has 1 unspecified atom stereocenters. The van der Waals surface area contributed by atoms with Crippen LogP contribution >= 0.6 is 0 Å². The van der Waals surface area contributed by atoms with Crippen LogP contribution in [0.15, 0.2) is 33.8 Å². The van der Waals surface area contributed by atoms with Crippen molar-refractivity contribution < 1.29 is 4.42 Å². The first-order valence-electron chi connectivity index (χ1n) is 5.40. The van der Waals surface area contributed by atoms with Crippen LogP contribution in [0.2, 0.25) is 0 Å².